The van der Waals surface area contributed by atoms with Gasteiger partial charge >= 0.3 is 6.18 Å². The molecule has 1 N–H and O–H groups in total. The topological polar surface area (TPSA) is 46.0 Å². The van der Waals surface area contributed by atoms with Crippen LogP contribution >= 0.6 is 12.2 Å². The average molecular weight is 354 g/mol. The second-order valence-electron chi connectivity index (χ2n) is 5.90. The van der Waals surface area contributed by atoms with Gasteiger partial charge in [0.2, 0.25) is 4.77 Å². The van der Waals surface area contributed by atoms with Crippen molar-refractivity contribution in [3.05, 3.63) is 46.0 Å². The van der Waals surface area contributed by atoms with Crippen LogP contribution in [0.5, 0.6) is 0 Å². The molecule has 1 saturated carbocycles. The molecule has 1 aromatic carbocycles. The zero-order chi connectivity index (χ0) is 17.2. The zero-order valence-corrected chi connectivity index (χ0v) is 13.7. The first kappa shape index (κ1) is 16.9. The van der Waals surface area contributed by atoms with Crippen molar-refractivity contribution in [3.63, 3.8) is 0 Å². The highest BCUT2D eigenvalue weighted by Crippen LogP contribution is 2.31. The molecule has 2 aromatic rings. The number of benzene rings is 1. The molecule has 4 nitrogen and oxygen atoms in total. The number of halogens is 3. The van der Waals surface area contributed by atoms with E-state index in [9.17, 15) is 13.2 Å². The second kappa shape index (κ2) is 6.88. The summed E-state index contributed by atoms with van der Waals surface area (Å²) in [5, 5.41) is 11.3. The predicted octanol–water partition coefficient (Wildman–Crippen LogP) is 4.89. The number of aromatic nitrogens is 3. The smallest absolute Gasteiger partial charge is 0.250 e. The van der Waals surface area contributed by atoms with Crippen LogP contribution in [-0.4, -0.2) is 21.1 Å². The minimum Gasteiger partial charge on any atom is -0.250 e. The van der Waals surface area contributed by atoms with Gasteiger partial charge in [0.15, 0.2) is 5.82 Å². The van der Waals surface area contributed by atoms with Crippen LogP contribution in [0.1, 0.15) is 55.0 Å². The summed E-state index contributed by atoms with van der Waals surface area (Å²) in [7, 11) is 0. The van der Waals surface area contributed by atoms with Gasteiger partial charge in [0, 0.05) is 5.92 Å². The van der Waals surface area contributed by atoms with Gasteiger partial charge in [-0.3, -0.25) is 5.10 Å². The Labute approximate surface area is 142 Å². The summed E-state index contributed by atoms with van der Waals surface area (Å²) in [6, 6.07) is 4.85. The zero-order valence-electron chi connectivity index (χ0n) is 12.9. The molecule has 0 aliphatic heterocycles. The monoisotopic (exact) mass is 354 g/mol. The molecule has 1 heterocycles. The molecule has 3 rings (SSSR count). The first-order valence-electron chi connectivity index (χ1n) is 7.84. The molecule has 1 aliphatic carbocycles. The minimum atomic E-state index is -4.34. The van der Waals surface area contributed by atoms with E-state index in [-0.39, 0.29) is 0 Å². The van der Waals surface area contributed by atoms with Crippen LogP contribution in [-0.2, 0) is 6.18 Å². The van der Waals surface area contributed by atoms with Gasteiger partial charge in [-0.1, -0.05) is 31.4 Å². The lowest BCUT2D eigenvalue weighted by Gasteiger charge is -2.19. The van der Waals surface area contributed by atoms with E-state index in [4.69, 9.17) is 12.2 Å². The van der Waals surface area contributed by atoms with Gasteiger partial charge in [0.1, 0.15) is 0 Å². The summed E-state index contributed by atoms with van der Waals surface area (Å²) >= 11 is 5.21. The highest BCUT2D eigenvalue weighted by atomic mass is 32.1. The van der Waals surface area contributed by atoms with Crippen molar-refractivity contribution < 1.29 is 13.2 Å². The third-order valence-electron chi connectivity index (χ3n) is 4.21. The lowest BCUT2D eigenvalue weighted by molar-refractivity contribution is -0.137. The van der Waals surface area contributed by atoms with Crippen LogP contribution < -0.4 is 0 Å². The highest BCUT2D eigenvalue weighted by molar-refractivity contribution is 7.71. The Morgan fingerprint density at radius 1 is 1.17 bits per heavy atom. The van der Waals surface area contributed by atoms with Crippen molar-refractivity contribution in [2.75, 3.05) is 0 Å². The normalized spacial score (nSPS) is 16.8. The molecule has 0 unspecified atom stereocenters. The lowest BCUT2D eigenvalue weighted by atomic mass is 9.89. The number of rotatable bonds is 3. The van der Waals surface area contributed by atoms with Crippen molar-refractivity contribution in [1.29, 1.82) is 0 Å². The first-order chi connectivity index (χ1) is 11.4. The summed E-state index contributed by atoms with van der Waals surface area (Å²) < 4.78 is 39.7. The fourth-order valence-electron chi connectivity index (χ4n) is 2.92. The van der Waals surface area contributed by atoms with E-state index in [1.807, 2.05) is 0 Å². The minimum absolute atomic E-state index is 0.316. The summed E-state index contributed by atoms with van der Waals surface area (Å²) in [6.45, 7) is 0. The van der Waals surface area contributed by atoms with Gasteiger partial charge in [-0.15, -0.1) is 0 Å². The Bertz CT molecular complexity index is 768. The maximum atomic E-state index is 12.6. The van der Waals surface area contributed by atoms with Gasteiger partial charge in [0.25, 0.3) is 0 Å². The predicted molar refractivity (Wildman–Crippen MR) is 87.7 cm³/mol. The third kappa shape index (κ3) is 3.75. The van der Waals surface area contributed by atoms with Crippen LogP contribution in [0.4, 0.5) is 13.2 Å². The van der Waals surface area contributed by atoms with E-state index in [2.05, 4.69) is 15.3 Å². The Hall–Kier alpha value is -1.96. The molecule has 0 radical (unpaired) electrons. The van der Waals surface area contributed by atoms with Crippen LogP contribution in [0.2, 0.25) is 0 Å². The standard InChI is InChI=1S/C16H17F3N4S/c17-16(18,19)13-8-6-11(7-9-13)10-20-23-14(21-22-15(23)24)12-4-2-1-3-5-12/h6-10,12H,1-5H2,(H,22,24)/b20-10-. The largest absolute Gasteiger partial charge is 0.416 e. The number of nitrogens with one attached hydrogen (secondary N) is 1. The molecule has 24 heavy (non-hydrogen) atoms. The SMILES string of the molecule is FC(F)(F)c1ccc(/C=N\n2c(C3CCCCC3)n[nH]c2=S)cc1. The summed E-state index contributed by atoms with van der Waals surface area (Å²) in [5.74, 6) is 1.11. The number of alkyl halides is 3. The van der Waals surface area contributed by atoms with Gasteiger partial charge in [-0.05, 0) is 42.8 Å². The van der Waals surface area contributed by atoms with Crippen molar-refractivity contribution in [1.82, 2.24) is 14.9 Å². The molecule has 0 saturated heterocycles. The van der Waals surface area contributed by atoms with Gasteiger partial charge in [0.05, 0.1) is 11.8 Å². The van der Waals surface area contributed by atoms with E-state index < -0.39 is 11.7 Å². The molecule has 0 spiro atoms. The summed E-state index contributed by atoms with van der Waals surface area (Å²) in [4.78, 5) is 0. The van der Waals surface area contributed by atoms with Crippen LogP contribution in [0.3, 0.4) is 0 Å². The second-order valence-corrected chi connectivity index (χ2v) is 6.28. The van der Waals surface area contributed by atoms with E-state index in [1.54, 1.807) is 4.68 Å². The summed E-state index contributed by atoms with van der Waals surface area (Å²) in [5.41, 5.74) is -0.108. The van der Waals surface area contributed by atoms with Crippen LogP contribution in [0, 0.1) is 4.77 Å². The molecule has 1 aromatic heterocycles. The fourth-order valence-corrected chi connectivity index (χ4v) is 3.11. The van der Waals surface area contributed by atoms with Crippen LogP contribution in [0.15, 0.2) is 29.4 Å². The number of aromatic amines is 1. The first-order valence-corrected chi connectivity index (χ1v) is 8.25. The molecule has 1 fully saturated rings. The number of nitrogens with zero attached hydrogens (tertiary/aromatic N) is 3. The maximum absolute atomic E-state index is 12.6. The molecule has 1 aliphatic rings. The molecular formula is C16H17F3N4S. The Morgan fingerprint density at radius 2 is 1.83 bits per heavy atom. The van der Waals surface area contributed by atoms with Gasteiger partial charge in [-0.25, -0.2) is 0 Å². The number of hydrogen-bond donors (Lipinski definition) is 1. The quantitative estimate of drug-likeness (QED) is 0.630. The molecule has 0 bridgehead atoms. The number of H-pyrrole nitrogens is 1. The number of hydrogen-bond acceptors (Lipinski definition) is 3. The van der Waals surface area contributed by atoms with E-state index in [0.29, 0.717) is 16.3 Å². The maximum Gasteiger partial charge on any atom is 0.416 e. The molecule has 8 heteroatoms. The van der Waals surface area contributed by atoms with Crippen LogP contribution in [0.25, 0.3) is 0 Å². The van der Waals surface area contributed by atoms with E-state index in [1.165, 1.54) is 24.8 Å². The van der Waals surface area contributed by atoms with E-state index in [0.717, 1.165) is 43.6 Å². The Morgan fingerprint density at radius 3 is 2.46 bits per heavy atom. The highest BCUT2D eigenvalue weighted by Gasteiger charge is 2.29. The molecule has 0 atom stereocenters. The summed E-state index contributed by atoms with van der Waals surface area (Å²) in [6.07, 6.45) is 2.82. The van der Waals surface area contributed by atoms with Gasteiger partial charge in [-0.2, -0.15) is 28.0 Å². The third-order valence-corrected chi connectivity index (χ3v) is 4.47. The van der Waals surface area contributed by atoms with Crippen molar-refractivity contribution in [3.8, 4) is 0 Å². The van der Waals surface area contributed by atoms with Crippen molar-refractivity contribution >= 4 is 18.4 Å². The Kier molecular flexibility index (Phi) is 4.84. The Balaban J connectivity index is 1.82. The fraction of sp³-hybridized carbons (Fsp3) is 0.438. The molecule has 0 amide bonds. The molecule has 128 valence electrons. The molecular weight excluding hydrogens is 337 g/mol. The van der Waals surface area contributed by atoms with Gasteiger partial charge < -0.3 is 0 Å². The lowest BCUT2D eigenvalue weighted by Crippen LogP contribution is -2.10. The van der Waals surface area contributed by atoms with E-state index >= 15 is 0 Å². The van der Waals surface area contributed by atoms with Crippen molar-refractivity contribution in [2.24, 2.45) is 5.10 Å². The van der Waals surface area contributed by atoms with Crippen molar-refractivity contribution in [2.45, 2.75) is 44.2 Å². The average Bonchev–Trinajstić information content (AvgIpc) is 2.94.